The van der Waals surface area contributed by atoms with Crippen LogP contribution in [0.4, 0.5) is 11.4 Å². The number of anilines is 1. The number of benzene rings is 2. The Balaban J connectivity index is 2.67. The largest absolute Gasteiger partial charge is 0.508 e. The third-order valence-electron chi connectivity index (χ3n) is 2.74. The zero-order chi connectivity index (χ0) is 14.0. The summed E-state index contributed by atoms with van der Waals surface area (Å²) >= 11 is 0. The zero-order valence-corrected chi connectivity index (χ0v) is 9.91. The van der Waals surface area contributed by atoms with Gasteiger partial charge in [0.05, 0.1) is 17.1 Å². The van der Waals surface area contributed by atoms with Crippen molar-refractivity contribution in [2.75, 3.05) is 5.73 Å². The van der Waals surface area contributed by atoms with Crippen LogP contribution in [0.3, 0.4) is 0 Å². The summed E-state index contributed by atoms with van der Waals surface area (Å²) in [7, 11) is 0. The van der Waals surface area contributed by atoms with Gasteiger partial charge in [-0.05, 0) is 29.3 Å². The molecule has 0 bridgehead atoms. The lowest BCUT2D eigenvalue weighted by molar-refractivity contribution is -0.384. The number of nitrogens with zero attached hydrogens (tertiary/aromatic N) is 1. The van der Waals surface area contributed by atoms with E-state index >= 15 is 0 Å². The minimum absolute atomic E-state index is 0.0666. The van der Waals surface area contributed by atoms with Gasteiger partial charge < -0.3 is 15.9 Å². The number of aliphatic hydroxyl groups is 1. The maximum atomic E-state index is 11.1. The standard InChI is InChI=1S/C13H12N2O4/c14-11-5-8(7-16)6-12(15(18)19)13(11)9-1-3-10(17)4-2-9/h1-6,16-17H,7,14H2. The lowest BCUT2D eigenvalue weighted by atomic mass is 9.99. The Bertz CT molecular complexity index is 623. The van der Waals surface area contributed by atoms with E-state index in [1.165, 1.54) is 24.3 Å². The van der Waals surface area contributed by atoms with Crippen LogP contribution in [0.15, 0.2) is 36.4 Å². The number of nitrogen functional groups attached to an aromatic ring is 1. The highest BCUT2D eigenvalue weighted by Crippen LogP contribution is 2.36. The van der Waals surface area contributed by atoms with E-state index < -0.39 is 4.92 Å². The van der Waals surface area contributed by atoms with Crippen molar-refractivity contribution in [3.8, 4) is 16.9 Å². The summed E-state index contributed by atoms with van der Waals surface area (Å²) in [4.78, 5) is 10.6. The highest BCUT2D eigenvalue weighted by atomic mass is 16.6. The second-order valence-corrected chi connectivity index (χ2v) is 4.04. The summed E-state index contributed by atoms with van der Waals surface area (Å²) in [6, 6.07) is 8.74. The predicted molar refractivity (Wildman–Crippen MR) is 70.5 cm³/mol. The second kappa shape index (κ2) is 4.95. The fraction of sp³-hybridized carbons (Fsp3) is 0.0769. The van der Waals surface area contributed by atoms with E-state index in [0.29, 0.717) is 11.1 Å². The van der Waals surface area contributed by atoms with Crippen molar-refractivity contribution in [1.82, 2.24) is 0 Å². The fourth-order valence-electron chi connectivity index (χ4n) is 1.89. The smallest absolute Gasteiger partial charge is 0.279 e. The average Bonchev–Trinajstić information content (AvgIpc) is 2.39. The number of aromatic hydroxyl groups is 1. The maximum Gasteiger partial charge on any atom is 0.279 e. The summed E-state index contributed by atoms with van der Waals surface area (Å²) in [5.41, 5.74) is 7.06. The molecule has 0 aliphatic rings. The molecule has 0 saturated carbocycles. The van der Waals surface area contributed by atoms with E-state index in [1.807, 2.05) is 0 Å². The highest BCUT2D eigenvalue weighted by molar-refractivity contribution is 5.85. The van der Waals surface area contributed by atoms with Crippen LogP contribution >= 0.6 is 0 Å². The van der Waals surface area contributed by atoms with E-state index in [-0.39, 0.29) is 29.3 Å². The number of phenols is 1. The minimum Gasteiger partial charge on any atom is -0.508 e. The van der Waals surface area contributed by atoms with Crippen LogP contribution in [-0.2, 0) is 6.61 Å². The predicted octanol–water partition coefficient (Wildman–Crippen LogP) is 2.04. The average molecular weight is 260 g/mol. The van der Waals surface area contributed by atoms with Crippen molar-refractivity contribution in [2.24, 2.45) is 0 Å². The van der Waals surface area contributed by atoms with Crippen molar-refractivity contribution in [2.45, 2.75) is 6.61 Å². The molecule has 98 valence electrons. The van der Waals surface area contributed by atoms with Crippen molar-refractivity contribution in [1.29, 1.82) is 0 Å². The van der Waals surface area contributed by atoms with Gasteiger partial charge in [0.1, 0.15) is 5.75 Å². The molecule has 6 heteroatoms. The molecular formula is C13H12N2O4. The summed E-state index contributed by atoms with van der Waals surface area (Å²) in [5.74, 6) is 0.0666. The first-order valence-electron chi connectivity index (χ1n) is 5.50. The molecule has 6 nitrogen and oxygen atoms in total. The summed E-state index contributed by atoms with van der Waals surface area (Å²) in [6.45, 7) is -0.319. The molecule has 19 heavy (non-hydrogen) atoms. The summed E-state index contributed by atoms with van der Waals surface area (Å²) < 4.78 is 0. The molecule has 0 saturated heterocycles. The van der Waals surface area contributed by atoms with Crippen molar-refractivity contribution in [3.05, 3.63) is 52.1 Å². The van der Waals surface area contributed by atoms with Gasteiger partial charge in [-0.1, -0.05) is 12.1 Å². The van der Waals surface area contributed by atoms with Crippen LogP contribution in [0.2, 0.25) is 0 Å². The molecule has 0 aromatic heterocycles. The van der Waals surface area contributed by atoms with Gasteiger partial charge in [0.2, 0.25) is 0 Å². The summed E-state index contributed by atoms with van der Waals surface area (Å²) in [5, 5.41) is 29.4. The summed E-state index contributed by atoms with van der Waals surface area (Å²) in [6.07, 6.45) is 0. The van der Waals surface area contributed by atoms with E-state index in [1.54, 1.807) is 12.1 Å². The molecule has 4 N–H and O–H groups in total. The quantitative estimate of drug-likeness (QED) is 0.444. The van der Waals surface area contributed by atoms with Crippen LogP contribution in [-0.4, -0.2) is 15.1 Å². The van der Waals surface area contributed by atoms with Crippen molar-refractivity contribution in [3.63, 3.8) is 0 Å². The van der Waals surface area contributed by atoms with Crippen LogP contribution in [0.5, 0.6) is 5.75 Å². The van der Waals surface area contributed by atoms with Crippen molar-refractivity contribution < 1.29 is 15.1 Å². The van der Waals surface area contributed by atoms with E-state index in [0.717, 1.165) is 0 Å². The number of hydrogen-bond acceptors (Lipinski definition) is 5. The van der Waals surface area contributed by atoms with Crippen LogP contribution in [0, 0.1) is 10.1 Å². The molecule has 2 rings (SSSR count). The molecule has 0 fully saturated rings. The fourth-order valence-corrected chi connectivity index (χ4v) is 1.89. The lowest BCUT2D eigenvalue weighted by Gasteiger charge is -2.09. The number of nitrogens with two attached hydrogens (primary N) is 1. The Kier molecular flexibility index (Phi) is 3.35. The van der Waals surface area contributed by atoms with Crippen molar-refractivity contribution >= 4 is 11.4 Å². The van der Waals surface area contributed by atoms with Gasteiger partial charge in [0, 0.05) is 11.8 Å². The lowest BCUT2D eigenvalue weighted by Crippen LogP contribution is -1.99. The normalized spacial score (nSPS) is 10.4. The number of hydrogen-bond donors (Lipinski definition) is 3. The molecule has 0 spiro atoms. The van der Waals surface area contributed by atoms with Gasteiger partial charge in [-0.25, -0.2) is 0 Å². The third kappa shape index (κ3) is 2.48. The Morgan fingerprint density at radius 3 is 2.37 bits per heavy atom. The molecule has 2 aromatic rings. The molecule has 0 atom stereocenters. The molecule has 0 unspecified atom stereocenters. The molecular weight excluding hydrogens is 248 g/mol. The monoisotopic (exact) mass is 260 g/mol. The van der Waals surface area contributed by atoms with Crippen LogP contribution in [0.25, 0.3) is 11.1 Å². The molecule has 0 aliphatic carbocycles. The van der Waals surface area contributed by atoms with Crippen LogP contribution < -0.4 is 5.73 Å². The van der Waals surface area contributed by atoms with Gasteiger partial charge in [-0.15, -0.1) is 0 Å². The molecule has 0 aliphatic heterocycles. The highest BCUT2D eigenvalue weighted by Gasteiger charge is 2.19. The first kappa shape index (κ1) is 12.8. The molecule has 0 heterocycles. The van der Waals surface area contributed by atoms with Crippen LogP contribution in [0.1, 0.15) is 5.56 Å². The second-order valence-electron chi connectivity index (χ2n) is 4.04. The third-order valence-corrected chi connectivity index (χ3v) is 2.74. The molecule has 0 amide bonds. The van der Waals surface area contributed by atoms with E-state index in [9.17, 15) is 15.2 Å². The van der Waals surface area contributed by atoms with Gasteiger partial charge >= 0.3 is 0 Å². The van der Waals surface area contributed by atoms with Gasteiger partial charge in [0.25, 0.3) is 5.69 Å². The number of phenolic OH excluding ortho intramolecular Hbond substituents is 1. The van der Waals surface area contributed by atoms with Gasteiger partial charge in [-0.2, -0.15) is 0 Å². The number of nitro benzene ring substituents is 1. The van der Waals surface area contributed by atoms with E-state index in [2.05, 4.69) is 0 Å². The minimum atomic E-state index is -0.544. The molecule has 0 radical (unpaired) electrons. The first-order chi connectivity index (χ1) is 9.02. The topological polar surface area (TPSA) is 110 Å². The Morgan fingerprint density at radius 2 is 1.84 bits per heavy atom. The molecule has 2 aromatic carbocycles. The Morgan fingerprint density at radius 1 is 1.21 bits per heavy atom. The zero-order valence-electron chi connectivity index (χ0n) is 9.91. The maximum absolute atomic E-state index is 11.1. The van der Waals surface area contributed by atoms with Gasteiger partial charge in [-0.3, -0.25) is 10.1 Å². The SMILES string of the molecule is Nc1cc(CO)cc([N+](=O)[O-])c1-c1ccc(O)cc1. The Hall–Kier alpha value is -2.60. The Labute approximate surface area is 108 Å². The number of rotatable bonds is 3. The number of aliphatic hydroxyl groups excluding tert-OH is 1. The van der Waals surface area contributed by atoms with Gasteiger partial charge in [0.15, 0.2) is 0 Å². The first-order valence-corrected chi connectivity index (χ1v) is 5.50. The number of nitro groups is 1. The van der Waals surface area contributed by atoms with E-state index in [4.69, 9.17) is 10.8 Å².